The van der Waals surface area contributed by atoms with Gasteiger partial charge in [0.1, 0.15) is 0 Å². The maximum absolute atomic E-state index is 12.1. The molecule has 0 aliphatic carbocycles. The van der Waals surface area contributed by atoms with Gasteiger partial charge in [0.05, 0.1) is 6.54 Å². The Labute approximate surface area is 115 Å². The Morgan fingerprint density at radius 3 is 3.00 bits per heavy atom. The van der Waals surface area contributed by atoms with E-state index in [4.69, 9.17) is 5.73 Å². The molecule has 4 nitrogen and oxygen atoms in total. The molecule has 1 heterocycles. The topological polar surface area (TPSA) is 58.4 Å². The van der Waals surface area contributed by atoms with Gasteiger partial charge >= 0.3 is 0 Å². The highest BCUT2D eigenvalue weighted by Crippen LogP contribution is 2.19. The molecule has 0 aromatic heterocycles. The maximum Gasteiger partial charge on any atom is 0.238 e. The van der Waals surface area contributed by atoms with E-state index in [1.54, 1.807) is 0 Å². The van der Waals surface area contributed by atoms with Crippen LogP contribution in [0.1, 0.15) is 24.0 Å². The summed E-state index contributed by atoms with van der Waals surface area (Å²) >= 11 is 0. The number of rotatable bonds is 4. The maximum atomic E-state index is 12.1. The molecule has 1 unspecified atom stereocenters. The van der Waals surface area contributed by atoms with Crippen LogP contribution in [0.5, 0.6) is 0 Å². The van der Waals surface area contributed by atoms with E-state index in [0.717, 1.165) is 30.6 Å². The number of hydrogen-bond donors (Lipinski definition) is 2. The fourth-order valence-electron chi connectivity index (χ4n) is 2.63. The lowest BCUT2D eigenvalue weighted by molar-refractivity contribution is -0.117. The van der Waals surface area contributed by atoms with E-state index in [9.17, 15) is 4.79 Å². The molecule has 0 bridgehead atoms. The number of aryl methyl sites for hydroxylation is 1. The third-order valence-electron chi connectivity index (χ3n) is 4.00. The smallest absolute Gasteiger partial charge is 0.238 e. The normalized spacial score (nSPS) is 19.6. The number of nitrogens with one attached hydrogen (secondary N) is 1. The lowest BCUT2D eigenvalue weighted by Gasteiger charge is -2.22. The third kappa shape index (κ3) is 3.33. The molecule has 1 fully saturated rings. The minimum Gasteiger partial charge on any atom is -0.329 e. The van der Waals surface area contributed by atoms with Crippen LogP contribution < -0.4 is 11.1 Å². The van der Waals surface area contributed by atoms with Crippen LogP contribution in [0.4, 0.5) is 5.69 Å². The first-order valence-electron chi connectivity index (χ1n) is 6.92. The number of nitrogens with zero attached hydrogens (tertiary/aromatic N) is 1. The van der Waals surface area contributed by atoms with E-state index in [-0.39, 0.29) is 5.91 Å². The highest BCUT2D eigenvalue weighted by atomic mass is 16.2. The summed E-state index contributed by atoms with van der Waals surface area (Å²) in [6.45, 7) is 6.13. The minimum atomic E-state index is 0.0500. The van der Waals surface area contributed by atoms with Crippen molar-refractivity contribution in [1.82, 2.24) is 4.90 Å². The van der Waals surface area contributed by atoms with Gasteiger partial charge in [-0.3, -0.25) is 9.69 Å². The third-order valence-corrected chi connectivity index (χ3v) is 4.00. The summed E-state index contributed by atoms with van der Waals surface area (Å²) < 4.78 is 0. The number of benzene rings is 1. The Balaban J connectivity index is 1.96. The first kappa shape index (κ1) is 14.0. The molecular formula is C15H23N3O. The van der Waals surface area contributed by atoms with Crippen molar-refractivity contribution < 1.29 is 4.79 Å². The lowest BCUT2D eigenvalue weighted by atomic mass is 10.1. The number of nitrogens with two attached hydrogens (primary N) is 1. The second kappa shape index (κ2) is 6.17. The van der Waals surface area contributed by atoms with Crippen molar-refractivity contribution in [3.8, 4) is 0 Å². The quantitative estimate of drug-likeness (QED) is 0.866. The number of carbonyl (C=O) groups is 1. The van der Waals surface area contributed by atoms with Gasteiger partial charge in [0.15, 0.2) is 0 Å². The first-order valence-corrected chi connectivity index (χ1v) is 6.92. The molecule has 4 heteroatoms. The molecule has 1 aliphatic rings. The number of likely N-dealkylation sites (tertiary alicyclic amines) is 1. The first-order chi connectivity index (χ1) is 9.11. The van der Waals surface area contributed by atoms with Crippen molar-refractivity contribution in [3.05, 3.63) is 29.3 Å². The second-order valence-electron chi connectivity index (χ2n) is 5.30. The zero-order chi connectivity index (χ0) is 13.8. The average Bonchev–Trinajstić information content (AvgIpc) is 2.82. The zero-order valence-corrected chi connectivity index (χ0v) is 11.8. The molecule has 1 aromatic rings. The van der Waals surface area contributed by atoms with Gasteiger partial charge in [-0.25, -0.2) is 0 Å². The predicted octanol–water partition coefficient (Wildman–Crippen LogP) is 1.67. The van der Waals surface area contributed by atoms with Crippen molar-refractivity contribution in [2.75, 3.05) is 25.0 Å². The van der Waals surface area contributed by atoms with Crippen molar-refractivity contribution in [2.24, 2.45) is 5.73 Å². The zero-order valence-electron chi connectivity index (χ0n) is 11.8. The molecule has 19 heavy (non-hydrogen) atoms. The standard InChI is InChI=1S/C15H23N3O/c1-11-5-3-7-14(12(11)2)17-15(19)10-18-8-4-6-13(18)9-16/h3,5,7,13H,4,6,8-10,16H2,1-2H3,(H,17,19). The summed E-state index contributed by atoms with van der Waals surface area (Å²) in [7, 11) is 0. The van der Waals surface area contributed by atoms with Gasteiger partial charge in [0.2, 0.25) is 5.91 Å². The second-order valence-corrected chi connectivity index (χ2v) is 5.30. The summed E-state index contributed by atoms with van der Waals surface area (Å²) in [6, 6.07) is 6.33. The van der Waals surface area contributed by atoms with Crippen LogP contribution in [-0.2, 0) is 4.79 Å². The Bertz CT molecular complexity index is 459. The molecule has 0 spiro atoms. The molecule has 1 aliphatic heterocycles. The Kier molecular flexibility index (Phi) is 4.56. The fourth-order valence-corrected chi connectivity index (χ4v) is 2.63. The molecule has 0 radical (unpaired) electrons. The highest BCUT2D eigenvalue weighted by Gasteiger charge is 2.24. The molecular weight excluding hydrogens is 238 g/mol. The van der Waals surface area contributed by atoms with Crippen LogP contribution in [0.2, 0.25) is 0 Å². The van der Waals surface area contributed by atoms with Crippen LogP contribution >= 0.6 is 0 Å². The number of anilines is 1. The summed E-state index contributed by atoms with van der Waals surface area (Å²) in [4.78, 5) is 14.3. The predicted molar refractivity (Wildman–Crippen MR) is 78.2 cm³/mol. The van der Waals surface area contributed by atoms with Crippen molar-refractivity contribution >= 4 is 11.6 Å². The van der Waals surface area contributed by atoms with Gasteiger partial charge in [-0.2, -0.15) is 0 Å². The Hall–Kier alpha value is -1.39. The van der Waals surface area contributed by atoms with E-state index in [0.29, 0.717) is 19.1 Å². The van der Waals surface area contributed by atoms with Crippen molar-refractivity contribution in [2.45, 2.75) is 32.7 Å². The van der Waals surface area contributed by atoms with Crippen molar-refractivity contribution in [1.29, 1.82) is 0 Å². The largest absolute Gasteiger partial charge is 0.329 e. The van der Waals surface area contributed by atoms with Crippen LogP contribution in [0.25, 0.3) is 0 Å². The number of hydrogen-bond acceptors (Lipinski definition) is 3. The fraction of sp³-hybridized carbons (Fsp3) is 0.533. The van der Waals surface area contributed by atoms with Gasteiger partial charge < -0.3 is 11.1 Å². The Morgan fingerprint density at radius 1 is 1.47 bits per heavy atom. The SMILES string of the molecule is Cc1cccc(NC(=O)CN2CCCC2CN)c1C. The van der Waals surface area contributed by atoms with Crippen LogP contribution in [0.15, 0.2) is 18.2 Å². The molecule has 1 amide bonds. The van der Waals surface area contributed by atoms with Gasteiger partial charge in [0, 0.05) is 18.3 Å². The van der Waals surface area contributed by atoms with E-state index < -0.39 is 0 Å². The van der Waals surface area contributed by atoms with Crippen LogP contribution in [-0.4, -0.2) is 36.5 Å². The molecule has 0 saturated carbocycles. The van der Waals surface area contributed by atoms with Crippen LogP contribution in [0, 0.1) is 13.8 Å². The van der Waals surface area contributed by atoms with E-state index in [1.807, 2.05) is 19.1 Å². The molecule has 3 N–H and O–H groups in total. The van der Waals surface area contributed by atoms with Gasteiger partial charge in [-0.15, -0.1) is 0 Å². The average molecular weight is 261 g/mol. The van der Waals surface area contributed by atoms with E-state index in [2.05, 4.69) is 23.2 Å². The lowest BCUT2D eigenvalue weighted by Crippen LogP contribution is -2.40. The number of carbonyl (C=O) groups excluding carboxylic acids is 1. The molecule has 1 aromatic carbocycles. The Morgan fingerprint density at radius 2 is 2.26 bits per heavy atom. The molecule has 2 rings (SSSR count). The summed E-state index contributed by atoms with van der Waals surface area (Å²) in [5, 5.41) is 3.00. The summed E-state index contributed by atoms with van der Waals surface area (Å²) in [5.74, 6) is 0.0500. The van der Waals surface area contributed by atoms with E-state index >= 15 is 0 Å². The van der Waals surface area contributed by atoms with Crippen molar-refractivity contribution in [3.63, 3.8) is 0 Å². The minimum absolute atomic E-state index is 0.0500. The summed E-state index contributed by atoms with van der Waals surface area (Å²) in [6.07, 6.45) is 2.24. The van der Waals surface area contributed by atoms with Gasteiger partial charge in [-0.1, -0.05) is 12.1 Å². The van der Waals surface area contributed by atoms with E-state index in [1.165, 1.54) is 5.56 Å². The molecule has 1 atom stereocenters. The molecule has 104 valence electrons. The summed E-state index contributed by atoms with van der Waals surface area (Å²) in [5.41, 5.74) is 8.96. The highest BCUT2D eigenvalue weighted by molar-refractivity contribution is 5.93. The van der Waals surface area contributed by atoms with Gasteiger partial charge in [-0.05, 0) is 50.4 Å². The molecule has 1 saturated heterocycles. The monoisotopic (exact) mass is 261 g/mol. The van der Waals surface area contributed by atoms with Crippen LogP contribution in [0.3, 0.4) is 0 Å². The van der Waals surface area contributed by atoms with Gasteiger partial charge in [0.25, 0.3) is 0 Å². The number of amides is 1.